The van der Waals surface area contributed by atoms with E-state index < -0.39 is 0 Å². The molecule has 2 heterocycles. The van der Waals surface area contributed by atoms with E-state index in [1.165, 1.54) is 0 Å². The number of urea groups is 1. The minimum absolute atomic E-state index is 0.0163. The van der Waals surface area contributed by atoms with Gasteiger partial charge in [-0.3, -0.25) is 4.79 Å². The zero-order valence-corrected chi connectivity index (χ0v) is 15.3. The third-order valence-corrected chi connectivity index (χ3v) is 4.73. The fraction of sp³-hybridized carbons (Fsp3) is 0.882. The number of rotatable bonds is 5. The fourth-order valence-electron chi connectivity index (χ4n) is 3.14. The van der Waals surface area contributed by atoms with Crippen molar-refractivity contribution in [1.82, 2.24) is 20.0 Å². The van der Waals surface area contributed by atoms with Crippen molar-refractivity contribution >= 4 is 11.9 Å². The largest absolute Gasteiger partial charge is 0.377 e. The number of likely N-dealkylation sites (tertiary alicyclic amines) is 1. The molecule has 0 spiro atoms. The highest BCUT2D eigenvalue weighted by Gasteiger charge is 2.26. The smallest absolute Gasteiger partial charge is 0.318 e. The predicted molar refractivity (Wildman–Crippen MR) is 92.9 cm³/mol. The van der Waals surface area contributed by atoms with Crippen LogP contribution in [0.3, 0.4) is 0 Å². The Bertz CT molecular complexity index is 422. The average molecular weight is 340 g/mol. The minimum Gasteiger partial charge on any atom is -0.377 e. The van der Waals surface area contributed by atoms with Crippen LogP contribution in [0, 0.1) is 0 Å². The molecule has 0 aromatic carbocycles. The van der Waals surface area contributed by atoms with Crippen molar-refractivity contribution < 1.29 is 14.3 Å². The molecule has 0 aromatic rings. The maximum absolute atomic E-state index is 12.4. The monoisotopic (exact) mass is 340 g/mol. The van der Waals surface area contributed by atoms with E-state index >= 15 is 0 Å². The molecule has 2 aliphatic rings. The van der Waals surface area contributed by atoms with Crippen molar-refractivity contribution in [1.29, 1.82) is 0 Å². The highest BCUT2D eigenvalue weighted by Crippen LogP contribution is 2.11. The fourth-order valence-corrected chi connectivity index (χ4v) is 3.14. The summed E-state index contributed by atoms with van der Waals surface area (Å²) in [5, 5.41) is 3.10. The average Bonchev–Trinajstić information content (AvgIpc) is 2.70. The van der Waals surface area contributed by atoms with Crippen LogP contribution in [0.15, 0.2) is 0 Å². The van der Waals surface area contributed by atoms with Crippen LogP contribution in [0.1, 0.15) is 33.1 Å². The maximum Gasteiger partial charge on any atom is 0.318 e. The summed E-state index contributed by atoms with van der Waals surface area (Å²) in [5.41, 5.74) is 0. The number of hydrogen-bond acceptors (Lipinski definition) is 4. The van der Waals surface area contributed by atoms with Crippen LogP contribution >= 0.6 is 0 Å². The first-order valence-corrected chi connectivity index (χ1v) is 9.09. The summed E-state index contributed by atoms with van der Waals surface area (Å²) < 4.78 is 5.59. The quantitative estimate of drug-likeness (QED) is 0.802. The summed E-state index contributed by atoms with van der Waals surface area (Å²) in [6, 6.07) is 0.107. The molecule has 0 bridgehead atoms. The molecular weight excluding hydrogens is 308 g/mol. The number of piperidine rings is 1. The van der Waals surface area contributed by atoms with Crippen LogP contribution < -0.4 is 5.32 Å². The van der Waals surface area contributed by atoms with Gasteiger partial charge in [-0.15, -0.1) is 0 Å². The van der Waals surface area contributed by atoms with Gasteiger partial charge in [0, 0.05) is 45.8 Å². The molecule has 138 valence electrons. The highest BCUT2D eigenvalue weighted by atomic mass is 16.5. The van der Waals surface area contributed by atoms with Gasteiger partial charge >= 0.3 is 6.03 Å². The first kappa shape index (κ1) is 19.0. The summed E-state index contributed by atoms with van der Waals surface area (Å²) in [6.45, 7) is 9.33. The number of nitrogens with one attached hydrogen (secondary N) is 1. The van der Waals surface area contributed by atoms with Gasteiger partial charge in [0.25, 0.3) is 0 Å². The van der Waals surface area contributed by atoms with Crippen LogP contribution in [0.5, 0.6) is 0 Å². The number of hydrogen-bond donors (Lipinski definition) is 1. The summed E-state index contributed by atoms with van der Waals surface area (Å²) >= 11 is 0. The third-order valence-electron chi connectivity index (χ3n) is 4.73. The van der Waals surface area contributed by atoms with Crippen molar-refractivity contribution in [2.45, 2.75) is 45.3 Å². The Morgan fingerprint density at radius 3 is 2.62 bits per heavy atom. The van der Waals surface area contributed by atoms with E-state index in [9.17, 15) is 9.59 Å². The second-order valence-corrected chi connectivity index (χ2v) is 7.08. The Hall–Kier alpha value is -1.34. The van der Waals surface area contributed by atoms with Gasteiger partial charge in [-0.05, 0) is 33.1 Å². The molecule has 1 N–H and O–H groups in total. The number of carbonyl (C=O) groups is 2. The molecule has 0 aromatic heterocycles. The summed E-state index contributed by atoms with van der Waals surface area (Å²) in [6.07, 6.45) is 3.02. The lowest BCUT2D eigenvalue weighted by atomic mass is 10.1. The standard InChI is InChI=1S/C17H32N4O3/c1-14(2)24-12-11-20-9-5-15(6-10-20)18-17(23)21-8-4-7-19(3)16(22)13-21/h14-15H,4-13H2,1-3H3,(H,18,23). The molecule has 2 fully saturated rings. The summed E-state index contributed by atoms with van der Waals surface area (Å²) in [4.78, 5) is 30.0. The van der Waals surface area contributed by atoms with E-state index in [-0.39, 0.29) is 30.6 Å². The van der Waals surface area contributed by atoms with Crippen LogP contribution in [0.4, 0.5) is 4.79 Å². The predicted octanol–water partition coefficient (Wildman–Crippen LogP) is 0.750. The van der Waals surface area contributed by atoms with E-state index in [0.717, 1.165) is 52.0 Å². The molecule has 3 amide bonds. The normalized spacial score (nSPS) is 21.2. The molecule has 0 unspecified atom stereocenters. The second-order valence-electron chi connectivity index (χ2n) is 7.08. The molecule has 7 nitrogen and oxygen atoms in total. The maximum atomic E-state index is 12.4. The molecule has 2 aliphatic heterocycles. The minimum atomic E-state index is -0.0970. The van der Waals surface area contributed by atoms with Crippen molar-refractivity contribution in [3.63, 3.8) is 0 Å². The van der Waals surface area contributed by atoms with E-state index in [0.29, 0.717) is 6.54 Å². The lowest BCUT2D eigenvalue weighted by Gasteiger charge is -2.33. The van der Waals surface area contributed by atoms with E-state index in [1.54, 1.807) is 16.8 Å². The first-order chi connectivity index (χ1) is 11.5. The van der Waals surface area contributed by atoms with Crippen LogP contribution in [0.25, 0.3) is 0 Å². The second kappa shape index (κ2) is 9.22. The number of likely N-dealkylation sites (N-methyl/N-ethyl adjacent to an activating group) is 1. The molecule has 2 saturated heterocycles. The Kier molecular flexibility index (Phi) is 7.30. The first-order valence-electron chi connectivity index (χ1n) is 9.09. The van der Waals surface area contributed by atoms with E-state index in [1.807, 2.05) is 13.8 Å². The zero-order valence-electron chi connectivity index (χ0n) is 15.3. The van der Waals surface area contributed by atoms with Gasteiger partial charge in [0.15, 0.2) is 0 Å². The van der Waals surface area contributed by atoms with Gasteiger partial charge in [0.1, 0.15) is 6.54 Å². The van der Waals surface area contributed by atoms with Gasteiger partial charge in [-0.25, -0.2) is 4.79 Å². The van der Waals surface area contributed by atoms with Crippen molar-refractivity contribution in [2.24, 2.45) is 0 Å². The molecular formula is C17H32N4O3. The lowest BCUT2D eigenvalue weighted by molar-refractivity contribution is -0.129. The number of nitrogens with zero attached hydrogens (tertiary/aromatic N) is 3. The molecule has 0 aliphatic carbocycles. The van der Waals surface area contributed by atoms with Crippen LogP contribution in [-0.4, -0.2) is 91.7 Å². The van der Waals surface area contributed by atoms with Crippen LogP contribution in [-0.2, 0) is 9.53 Å². The van der Waals surface area contributed by atoms with Gasteiger partial charge in [-0.1, -0.05) is 0 Å². The van der Waals surface area contributed by atoms with Crippen molar-refractivity contribution in [3.8, 4) is 0 Å². The Labute approximate surface area is 145 Å². The molecule has 24 heavy (non-hydrogen) atoms. The molecule has 2 rings (SSSR count). The van der Waals surface area contributed by atoms with E-state index in [4.69, 9.17) is 4.74 Å². The molecule has 7 heteroatoms. The van der Waals surface area contributed by atoms with Gasteiger partial charge < -0.3 is 24.8 Å². The van der Waals surface area contributed by atoms with Gasteiger partial charge in [-0.2, -0.15) is 0 Å². The SMILES string of the molecule is CC(C)OCCN1CCC(NC(=O)N2CCCN(C)C(=O)C2)CC1. The molecule has 0 atom stereocenters. The van der Waals surface area contributed by atoms with Gasteiger partial charge in [0.05, 0.1) is 12.7 Å². The molecule has 0 saturated carbocycles. The number of ether oxygens (including phenoxy) is 1. The zero-order chi connectivity index (χ0) is 17.5. The highest BCUT2D eigenvalue weighted by molar-refractivity contribution is 5.84. The van der Waals surface area contributed by atoms with Crippen molar-refractivity contribution in [2.75, 3.05) is 52.9 Å². The van der Waals surface area contributed by atoms with Crippen molar-refractivity contribution in [3.05, 3.63) is 0 Å². The summed E-state index contributed by atoms with van der Waals surface area (Å²) in [7, 11) is 1.79. The Morgan fingerprint density at radius 1 is 1.25 bits per heavy atom. The lowest BCUT2D eigenvalue weighted by Crippen LogP contribution is -2.50. The molecule has 0 radical (unpaired) electrons. The number of carbonyl (C=O) groups excluding carboxylic acids is 2. The van der Waals surface area contributed by atoms with E-state index in [2.05, 4.69) is 10.2 Å². The number of amides is 3. The Balaban J connectivity index is 1.69. The summed E-state index contributed by atoms with van der Waals surface area (Å²) in [5.74, 6) is 0.0163. The van der Waals surface area contributed by atoms with Gasteiger partial charge in [0.2, 0.25) is 5.91 Å². The topological polar surface area (TPSA) is 65.1 Å². The Morgan fingerprint density at radius 2 is 1.96 bits per heavy atom. The van der Waals surface area contributed by atoms with Crippen LogP contribution in [0.2, 0.25) is 0 Å². The third kappa shape index (κ3) is 5.94.